The van der Waals surface area contributed by atoms with Crippen molar-refractivity contribution in [3.05, 3.63) is 0 Å². The minimum absolute atomic E-state index is 0. The highest BCUT2D eigenvalue weighted by Gasteiger charge is 2.43. The molecular weight excluding hydrogens is 457 g/mol. The Balaban J connectivity index is 0.00000243. The van der Waals surface area contributed by atoms with E-state index in [2.05, 4.69) is 22.5 Å². The van der Waals surface area contributed by atoms with Crippen molar-refractivity contribution in [2.45, 2.75) is 95.4 Å². The van der Waals surface area contributed by atoms with Crippen LogP contribution in [0.15, 0.2) is 4.99 Å². The molecule has 0 heterocycles. The second-order valence-corrected chi connectivity index (χ2v) is 10.2. The van der Waals surface area contributed by atoms with Crippen molar-refractivity contribution in [2.24, 2.45) is 16.8 Å². The Morgan fingerprint density at radius 1 is 1.00 bits per heavy atom. The molecule has 152 valence electrons. The fraction of sp³-hybridized carbons (Fsp3) is 0.950. The molecule has 0 saturated heterocycles. The van der Waals surface area contributed by atoms with Crippen LogP contribution in [0.25, 0.3) is 0 Å². The zero-order chi connectivity index (χ0) is 17.6. The molecule has 3 aliphatic carbocycles. The number of hydrogen-bond acceptors (Lipinski definition) is 2. The predicted octanol–water partition coefficient (Wildman–Crippen LogP) is 4.21. The molecule has 0 aromatic rings. The van der Waals surface area contributed by atoms with Crippen LogP contribution in [0.3, 0.4) is 0 Å². The molecule has 3 rings (SSSR count). The standard InChI is InChI=1S/C20H37N3OS.HI/c1-3-21-20(22-16-11-8-12-17(13-16)25(24)4-2)23-19-14-18(19)15-9-6-5-7-10-15;/h15-19H,3-14H2,1-2H3,(H2,21,22,23);1H. The lowest BCUT2D eigenvalue weighted by molar-refractivity contribution is 0.315. The van der Waals surface area contributed by atoms with E-state index in [9.17, 15) is 4.21 Å². The number of hydrogen-bond donors (Lipinski definition) is 2. The van der Waals surface area contributed by atoms with Gasteiger partial charge in [0.1, 0.15) is 0 Å². The molecule has 0 aromatic heterocycles. The fourth-order valence-electron chi connectivity index (χ4n) is 4.87. The Kier molecular flexibility index (Phi) is 9.69. The SMILES string of the molecule is CCN=C(NC1CCCC(S(=O)CC)C1)NC1CC1C1CCCCC1.I. The Bertz CT molecular complexity index is 482. The quantitative estimate of drug-likeness (QED) is 0.330. The van der Waals surface area contributed by atoms with Crippen LogP contribution in [-0.2, 0) is 10.8 Å². The molecule has 0 spiro atoms. The average Bonchev–Trinajstić information content (AvgIpc) is 3.41. The lowest BCUT2D eigenvalue weighted by Gasteiger charge is -2.30. The third-order valence-corrected chi connectivity index (χ3v) is 8.10. The van der Waals surface area contributed by atoms with Gasteiger partial charge in [0.15, 0.2) is 5.96 Å². The van der Waals surface area contributed by atoms with E-state index >= 15 is 0 Å². The maximum atomic E-state index is 12.2. The summed E-state index contributed by atoms with van der Waals surface area (Å²) < 4.78 is 12.2. The van der Waals surface area contributed by atoms with Gasteiger partial charge in [-0.15, -0.1) is 24.0 Å². The van der Waals surface area contributed by atoms with Crippen molar-refractivity contribution < 1.29 is 4.21 Å². The summed E-state index contributed by atoms with van der Waals surface area (Å²) in [7, 11) is -0.661. The second-order valence-electron chi connectivity index (χ2n) is 8.17. The van der Waals surface area contributed by atoms with E-state index in [4.69, 9.17) is 0 Å². The Morgan fingerprint density at radius 2 is 1.77 bits per heavy atom. The monoisotopic (exact) mass is 495 g/mol. The number of halogens is 1. The highest BCUT2D eigenvalue weighted by molar-refractivity contribution is 14.0. The van der Waals surface area contributed by atoms with Crippen LogP contribution >= 0.6 is 24.0 Å². The molecule has 5 unspecified atom stereocenters. The molecular formula is C20H38IN3OS. The van der Waals surface area contributed by atoms with Crippen LogP contribution in [0, 0.1) is 11.8 Å². The van der Waals surface area contributed by atoms with E-state index in [0.717, 1.165) is 42.9 Å². The Morgan fingerprint density at radius 3 is 2.46 bits per heavy atom. The topological polar surface area (TPSA) is 53.5 Å². The number of nitrogens with zero attached hydrogens (tertiary/aromatic N) is 1. The Labute approximate surface area is 179 Å². The first-order valence-electron chi connectivity index (χ1n) is 10.7. The summed E-state index contributed by atoms with van der Waals surface area (Å²) in [6, 6.07) is 1.06. The maximum Gasteiger partial charge on any atom is 0.191 e. The van der Waals surface area contributed by atoms with E-state index in [0.29, 0.717) is 17.3 Å². The van der Waals surface area contributed by atoms with E-state index in [1.807, 2.05) is 6.92 Å². The molecule has 3 aliphatic rings. The van der Waals surface area contributed by atoms with E-state index in [-0.39, 0.29) is 24.0 Å². The summed E-state index contributed by atoms with van der Waals surface area (Å²) >= 11 is 0. The van der Waals surface area contributed by atoms with Gasteiger partial charge in [-0.2, -0.15) is 0 Å². The molecule has 4 nitrogen and oxygen atoms in total. The first-order chi connectivity index (χ1) is 12.2. The van der Waals surface area contributed by atoms with Crippen molar-refractivity contribution in [2.75, 3.05) is 12.3 Å². The third-order valence-electron chi connectivity index (χ3n) is 6.36. The minimum atomic E-state index is -0.661. The summed E-state index contributed by atoms with van der Waals surface area (Å²) in [5, 5.41) is 7.74. The van der Waals surface area contributed by atoms with Crippen LogP contribution in [0.1, 0.15) is 78.1 Å². The van der Waals surface area contributed by atoms with Gasteiger partial charge in [0.25, 0.3) is 0 Å². The first kappa shape index (κ1) is 22.4. The van der Waals surface area contributed by atoms with Gasteiger partial charge in [0.05, 0.1) is 0 Å². The molecule has 0 radical (unpaired) electrons. The van der Waals surface area contributed by atoms with Crippen molar-refractivity contribution in [1.29, 1.82) is 0 Å². The molecule has 2 N–H and O–H groups in total. The van der Waals surface area contributed by atoms with Gasteiger partial charge in [-0.3, -0.25) is 9.20 Å². The van der Waals surface area contributed by atoms with Crippen LogP contribution in [-0.4, -0.2) is 39.8 Å². The van der Waals surface area contributed by atoms with Crippen molar-refractivity contribution >= 4 is 40.7 Å². The minimum Gasteiger partial charge on any atom is -0.354 e. The third kappa shape index (κ3) is 6.35. The van der Waals surface area contributed by atoms with Crippen molar-refractivity contribution in [3.63, 3.8) is 0 Å². The van der Waals surface area contributed by atoms with E-state index < -0.39 is 10.8 Å². The predicted molar refractivity (Wildman–Crippen MR) is 123 cm³/mol. The Hall–Kier alpha value is 0.150. The van der Waals surface area contributed by atoms with Crippen LogP contribution in [0.5, 0.6) is 0 Å². The molecule has 3 fully saturated rings. The second kappa shape index (κ2) is 11.2. The van der Waals surface area contributed by atoms with Crippen LogP contribution in [0.2, 0.25) is 0 Å². The smallest absolute Gasteiger partial charge is 0.191 e. The molecule has 26 heavy (non-hydrogen) atoms. The normalized spacial score (nSPS) is 33.8. The lowest BCUT2D eigenvalue weighted by atomic mass is 9.85. The van der Waals surface area contributed by atoms with Gasteiger partial charge in [-0.05, 0) is 44.4 Å². The first-order valence-corrected chi connectivity index (χ1v) is 12.0. The molecule has 3 saturated carbocycles. The number of aliphatic imine (C=N–C) groups is 1. The number of guanidine groups is 1. The van der Waals surface area contributed by atoms with E-state index in [1.54, 1.807) is 0 Å². The summed E-state index contributed by atoms with van der Waals surface area (Å²) in [6.45, 7) is 4.95. The average molecular weight is 496 g/mol. The largest absolute Gasteiger partial charge is 0.354 e. The molecule has 5 atom stereocenters. The van der Waals surface area contributed by atoms with E-state index in [1.165, 1.54) is 51.4 Å². The summed E-state index contributed by atoms with van der Waals surface area (Å²) in [5.74, 6) is 3.60. The molecule has 0 amide bonds. The highest BCUT2D eigenvalue weighted by atomic mass is 127. The molecule has 0 bridgehead atoms. The fourth-order valence-corrected chi connectivity index (χ4v) is 6.22. The van der Waals surface area contributed by atoms with Gasteiger partial charge >= 0.3 is 0 Å². The number of nitrogens with one attached hydrogen (secondary N) is 2. The van der Waals surface area contributed by atoms with Crippen LogP contribution < -0.4 is 10.6 Å². The lowest BCUT2D eigenvalue weighted by Crippen LogP contribution is -2.47. The van der Waals surface area contributed by atoms with Gasteiger partial charge in [0.2, 0.25) is 0 Å². The molecule has 0 aliphatic heterocycles. The van der Waals surface area contributed by atoms with Gasteiger partial charge in [0, 0.05) is 40.4 Å². The van der Waals surface area contributed by atoms with Crippen LogP contribution in [0.4, 0.5) is 0 Å². The molecule has 6 heteroatoms. The summed E-state index contributed by atoms with van der Waals surface area (Å²) in [5.41, 5.74) is 0. The number of rotatable bonds is 6. The molecule has 0 aromatic carbocycles. The zero-order valence-corrected chi connectivity index (χ0v) is 19.7. The van der Waals surface area contributed by atoms with Gasteiger partial charge in [-0.25, -0.2) is 0 Å². The summed E-state index contributed by atoms with van der Waals surface area (Å²) in [6.07, 6.45) is 13.0. The summed E-state index contributed by atoms with van der Waals surface area (Å²) in [4.78, 5) is 4.69. The maximum absolute atomic E-state index is 12.2. The van der Waals surface area contributed by atoms with Gasteiger partial charge < -0.3 is 10.6 Å². The highest BCUT2D eigenvalue weighted by Crippen LogP contribution is 2.44. The zero-order valence-electron chi connectivity index (χ0n) is 16.5. The van der Waals surface area contributed by atoms with Crippen molar-refractivity contribution in [3.8, 4) is 0 Å². The van der Waals surface area contributed by atoms with Gasteiger partial charge in [-0.1, -0.05) is 45.4 Å². The van der Waals surface area contributed by atoms with Crippen molar-refractivity contribution in [1.82, 2.24) is 10.6 Å².